The highest BCUT2D eigenvalue weighted by Crippen LogP contribution is 2.23. The fourth-order valence-corrected chi connectivity index (χ4v) is 9.59. The number of rotatable bonds is 52. The predicted octanol–water partition coefficient (Wildman–Crippen LogP) is 17.2. The Bertz CT molecular complexity index is 966. The van der Waals surface area contributed by atoms with Crippen LogP contribution in [0.15, 0.2) is 0 Å². The number of amides is 1. The van der Waals surface area contributed by atoms with Crippen molar-refractivity contribution in [1.82, 2.24) is 10.2 Å². The molecule has 1 N–H and O–H groups in total. The maximum Gasteiger partial charge on any atom is 0.305 e. The topological polar surface area (TPSA) is 84.9 Å². The van der Waals surface area contributed by atoms with Gasteiger partial charge < -0.3 is 19.7 Å². The highest BCUT2D eigenvalue weighted by atomic mass is 16.5. The van der Waals surface area contributed by atoms with E-state index in [4.69, 9.17) is 9.47 Å². The third-order valence-electron chi connectivity index (χ3n) is 14.1. The van der Waals surface area contributed by atoms with Crippen LogP contribution in [-0.2, 0) is 23.9 Å². The molecule has 0 rings (SSSR count). The normalized spacial score (nSPS) is 13.0. The van der Waals surface area contributed by atoms with Crippen molar-refractivity contribution in [1.29, 1.82) is 0 Å². The third kappa shape index (κ3) is 43.4. The van der Waals surface area contributed by atoms with Crippen molar-refractivity contribution in [2.24, 2.45) is 11.8 Å². The minimum atomic E-state index is 0.00818. The number of ether oxygens (including phenoxy) is 2. The monoisotopic (exact) mass is 919 g/mol. The summed E-state index contributed by atoms with van der Waals surface area (Å²) >= 11 is 0. The van der Waals surface area contributed by atoms with Crippen LogP contribution in [0.25, 0.3) is 0 Å². The van der Waals surface area contributed by atoms with Gasteiger partial charge in [0.05, 0.1) is 13.2 Å². The van der Waals surface area contributed by atoms with Gasteiger partial charge in [-0.15, -0.1) is 0 Å². The third-order valence-corrected chi connectivity index (χ3v) is 14.1. The fraction of sp³-hybridized carbons (Fsp3) is 0.948. The number of carbonyl (C=O) groups excluding carboxylic acids is 3. The van der Waals surface area contributed by atoms with E-state index in [-0.39, 0.29) is 17.8 Å². The van der Waals surface area contributed by atoms with Gasteiger partial charge in [0.1, 0.15) is 0 Å². The summed E-state index contributed by atoms with van der Waals surface area (Å²) in [5, 5.41) is 2.81. The smallest absolute Gasteiger partial charge is 0.305 e. The Morgan fingerprint density at radius 2 is 0.677 bits per heavy atom. The SMILES string of the molecule is CCCCCCCCCN(CCCCC(=O)NC)C(CCCCCCCCC(=O)OCC(CCCC)CCCCCC)CCCCCCCCC(=O)OCC(CCCC)CCCCCC. The minimum absolute atomic E-state index is 0.00818. The standard InChI is InChI=1S/C58H114N2O5/c1-7-12-17-20-25-30-38-49-60(50-39-37-46-56(61)59-6)55(44-33-26-21-23-28-35-47-57(62)64-51-53(40-15-10-4)42-31-18-13-8-2)45-34-27-22-24-29-36-48-58(63)65-52-54(41-16-11-5)43-32-19-14-9-3/h53-55H,7-52H2,1-6H3,(H,59,61). The van der Waals surface area contributed by atoms with Crippen LogP contribution < -0.4 is 5.32 Å². The van der Waals surface area contributed by atoms with E-state index in [1.807, 2.05) is 0 Å². The van der Waals surface area contributed by atoms with E-state index in [1.54, 1.807) is 7.05 Å². The van der Waals surface area contributed by atoms with Gasteiger partial charge in [-0.3, -0.25) is 14.4 Å². The Morgan fingerprint density at radius 1 is 0.369 bits per heavy atom. The lowest BCUT2D eigenvalue weighted by Gasteiger charge is -2.32. The van der Waals surface area contributed by atoms with Gasteiger partial charge in [-0.25, -0.2) is 0 Å². The molecule has 2 unspecified atom stereocenters. The van der Waals surface area contributed by atoms with Gasteiger partial charge >= 0.3 is 11.9 Å². The molecule has 7 nitrogen and oxygen atoms in total. The zero-order chi connectivity index (χ0) is 47.7. The number of carbonyl (C=O) groups is 3. The highest BCUT2D eigenvalue weighted by Gasteiger charge is 2.19. The predicted molar refractivity (Wildman–Crippen MR) is 281 cm³/mol. The molecular formula is C58H114N2O5. The zero-order valence-electron chi connectivity index (χ0n) is 44.7. The summed E-state index contributed by atoms with van der Waals surface area (Å²) in [6.07, 6.45) is 49.6. The van der Waals surface area contributed by atoms with Gasteiger partial charge in [0.15, 0.2) is 0 Å². The van der Waals surface area contributed by atoms with E-state index in [9.17, 15) is 14.4 Å². The average Bonchev–Trinajstić information content (AvgIpc) is 3.31. The number of esters is 2. The summed E-state index contributed by atoms with van der Waals surface area (Å²) in [5.41, 5.74) is 0. The molecule has 0 saturated carbocycles. The van der Waals surface area contributed by atoms with Gasteiger partial charge in [0, 0.05) is 32.4 Å². The van der Waals surface area contributed by atoms with Crippen LogP contribution in [0.4, 0.5) is 0 Å². The van der Waals surface area contributed by atoms with Crippen LogP contribution in [0.5, 0.6) is 0 Å². The van der Waals surface area contributed by atoms with Crippen LogP contribution in [0.2, 0.25) is 0 Å². The Kier molecular flexibility index (Phi) is 49.0. The molecule has 0 aliphatic heterocycles. The number of nitrogens with zero attached hydrogens (tertiary/aromatic N) is 1. The summed E-state index contributed by atoms with van der Waals surface area (Å²) in [6.45, 7) is 14.8. The summed E-state index contributed by atoms with van der Waals surface area (Å²) < 4.78 is 11.6. The molecule has 65 heavy (non-hydrogen) atoms. The van der Waals surface area contributed by atoms with E-state index in [1.165, 1.54) is 218 Å². The molecule has 0 spiro atoms. The Hall–Kier alpha value is -1.63. The largest absolute Gasteiger partial charge is 0.465 e. The second-order valence-corrected chi connectivity index (χ2v) is 20.3. The second kappa shape index (κ2) is 50.3. The Morgan fingerprint density at radius 3 is 1.09 bits per heavy atom. The lowest BCUT2D eigenvalue weighted by atomic mass is 9.96. The van der Waals surface area contributed by atoms with Crippen LogP contribution in [0, 0.1) is 11.8 Å². The maximum absolute atomic E-state index is 12.6. The molecule has 0 aromatic rings. The molecule has 0 fully saturated rings. The number of hydrogen-bond donors (Lipinski definition) is 1. The van der Waals surface area contributed by atoms with Crippen molar-refractivity contribution in [2.45, 2.75) is 310 Å². The van der Waals surface area contributed by atoms with Gasteiger partial charge in [0.2, 0.25) is 5.91 Å². The molecule has 0 saturated heterocycles. The van der Waals surface area contributed by atoms with Gasteiger partial charge in [0.25, 0.3) is 0 Å². The molecule has 0 aliphatic carbocycles. The van der Waals surface area contributed by atoms with Crippen LogP contribution in [0.3, 0.4) is 0 Å². The lowest BCUT2D eigenvalue weighted by Crippen LogP contribution is -2.37. The van der Waals surface area contributed by atoms with Crippen LogP contribution in [-0.4, -0.2) is 62.1 Å². The Balaban J connectivity index is 4.96. The molecule has 7 heteroatoms. The first-order chi connectivity index (χ1) is 31.8. The molecule has 0 bridgehead atoms. The number of nitrogens with one attached hydrogen (secondary N) is 1. The van der Waals surface area contributed by atoms with Gasteiger partial charge in [-0.1, -0.05) is 214 Å². The van der Waals surface area contributed by atoms with Crippen molar-refractivity contribution < 1.29 is 23.9 Å². The maximum atomic E-state index is 12.6. The molecule has 0 aliphatic rings. The molecule has 0 aromatic heterocycles. The first kappa shape index (κ1) is 63.4. The summed E-state index contributed by atoms with van der Waals surface area (Å²) in [4.78, 5) is 40.0. The van der Waals surface area contributed by atoms with Crippen LogP contribution in [0.1, 0.15) is 304 Å². The van der Waals surface area contributed by atoms with Crippen molar-refractivity contribution in [2.75, 3.05) is 33.4 Å². The lowest BCUT2D eigenvalue weighted by molar-refractivity contribution is -0.146. The van der Waals surface area contributed by atoms with E-state index < -0.39 is 0 Å². The summed E-state index contributed by atoms with van der Waals surface area (Å²) in [6, 6.07) is 0.611. The second-order valence-electron chi connectivity index (χ2n) is 20.3. The molecule has 0 radical (unpaired) electrons. The van der Waals surface area contributed by atoms with Crippen molar-refractivity contribution in [3.05, 3.63) is 0 Å². The zero-order valence-corrected chi connectivity index (χ0v) is 44.7. The summed E-state index contributed by atoms with van der Waals surface area (Å²) in [5.74, 6) is 1.24. The van der Waals surface area contributed by atoms with Crippen molar-refractivity contribution in [3.63, 3.8) is 0 Å². The fourth-order valence-electron chi connectivity index (χ4n) is 9.59. The Labute approximate surface area is 406 Å². The van der Waals surface area contributed by atoms with Gasteiger partial charge in [-0.2, -0.15) is 0 Å². The van der Waals surface area contributed by atoms with E-state index in [0.29, 0.717) is 50.4 Å². The molecule has 0 aromatic carbocycles. The minimum Gasteiger partial charge on any atom is -0.465 e. The first-order valence-electron chi connectivity index (χ1n) is 29.1. The quantitative estimate of drug-likeness (QED) is 0.0483. The average molecular weight is 920 g/mol. The molecule has 386 valence electrons. The van der Waals surface area contributed by atoms with E-state index in [0.717, 1.165) is 45.1 Å². The van der Waals surface area contributed by atoms with Crippen molar-refractivity contribution >= 4 is 17.8 Å². The molecule has 0 heterocycles. The van der Waals surface area contributed by atoms with Crippen LogP contribution >= 0.6 is 0 Å². The summed E-state index contributed by atoms with van der Waals surface area (Å²) in [7, 11) is 1.75. The first-order valence-corrected chi connectivity index (χ1v) is 29.1. The highest BCUT2D eigenvalue weighted by molar-refractivity contribution is 5.75. The molecular weight excluding hydrogens is 805 g/mol. The number of unbranched alkanes of at least 4 members (excludes halogenated alkanes) is 25. The van der Waals surface area contributed by atoms with E-state index >= 15 is 0 Å². The number of hydrogen-bond acceptors (Lipinski definition) is 6. The molecule has 2 atom stereocenters. The van der Waals surface area contributed by atoms with Gasteiger partial charge in [-0.05, 0) is 95.6 Å². The molecule has 1 amide bonds. The van der Waals surface area contributed by atoms with Crippen molar-refractivity contribution in [3.8, 4) is 0 Å². The van der Waals surface area contributed by atoms with E-state index in [2.05, 4.69) is 44.8 Å².